The quantitative estimate of drug-likeness (QED) is 0.0261. The van der Waals surface area contributed by atoms with Crippen molar-refractivity contribution in [1.29, 1.82) is 0 Å². The Hall–Kier alpha value is -4.19. The summed E-state index contributed by atoms with van der Waals surface area (Å²) in [7, 11) is 0. The van der Waals surface area contributed by atoms with Gasteiger partial charge in [0.2, 0.25) is 0 Å². The molecule has 0 saturated carbocycles. The zero-order valence-electron chi connectivity index (χ0n) is 53.7. The molecule has 82 heavy (non-hydrogen) atoms. The second-order valence-corrected chi connectivity index (χ2v) is 22.7. The Kier molecular flexibility index (Phi) is 65.8. The van der Waals surface area contributed by atoms with Gasteiger partial charge in [0.1, 0.15) is 13.2 Å². The van der Waals surface area contributed by atoms with Gasteiger partial charge >= 0.3 is 17.9 Å². The molecule has 0 aromatic carbocycles. The average molecular weight is 1140 g/mol. The van der Waals surface area contributed by atoms with Crippen LogP contribution in [-0.2, 0) is 28.6 Å². The van der Waals surface area contributed by atoms with Crippen molar-refractivity contribution >= 4 is 17.9 Å². The molecule has 0 bridgehead atoms. The standard InChI is InChI=1S/C76H128O6/c1-4-7-10-13-16-19-22-25-27-29-31-33-35-37-38-40-41-43-45-47-49-51-54-57-60-63-66-69-75(78)81-72-73(71-80-74(77)68-65-62-59-56-53-24-21-18-15-12-9-6-3)82-76(79)70-67-64-61-58-55-52-50-48-46-44-42-39-36-34-32-30-28-26-23-20-17-14-11-8-5-2/h8,11,17-18,20-22,25-26,28-29,31-32,34,39,42,46,48,52,55,73H,4-7,9-10,12-16,19,23-24,27,30,33,35-38,40-41,43-45,47,49-51,53-54,56-72H2,1-3H3/b11-8-,20-17-,21-18-,25-22-,28-26-,31-29-,34-32-,42-39-,48-46-,55-52-. The van der Waals surface area contributed by atoms with Crippen LogP contribution in [0, 0.1) is 0 Å². The number of allylic oxidation sites excluding steroid dienone is 20. The molecule has 0 aromatic heterocycles. The molecule has 0 radical (unpaired) electrons. The first-order valence-corrected chi connectivity index (χ1v) is 34.5. The summed E-state index contributed by atoms with van der Waals surface area (Å²) in [6.45, 7) is 6.48. The highest BCUT2D eigenvalue weighted by Crippen LogP contribution is 2.16. The number of unbranched alkanes of at least 4 members (excludes halogenated alkanes) is 31. The third-order valence-electron chi connectivity index (χ3n) is 14.7. The van der Waals surface area contributed by atoms with Crippen molar-refractivity contribution in [3.63, 3.8) is 0 Å². The van der Waals surface area contributed by atoms with E-state index in [1.807, 2.05) is 0 Å². The Labute approximate surface area is 507 Å². The predicted octanol–water partition coefficient (Wildman–Crippen LogP) is 23.9. The maximum absolute atomic E-state index is 12.9. The van der Waals surface area contributed by atoms with Crippen LogP contribution in [0.25, 0.3) is 0 Å². The molecule has 468 valence electrons. The van der Waals surface area contributed by atoms with E-state index in [0.29, 0.717) is 12.8 Å². The fraction of sp³-hybridized carbons (Fsp3) is 0.697. The minimum Gasteiger partial charge on any atom is -0.462 e. The number of hydrogen-bond acceptors (Lipinski definition) is 6. The molecule has 0 aliphatic carbocycles. The van der Waals surface area contributed by atoms with E-state index < -0.39 is 6.10 Å². The van der Waals surface area contributed by atoms with E-state index in [0.717, 1.165) is 128 Å². The summed E-state index contributed by atoms with van der Waals surface area (Å²) in [5.74, 6) is -0.930. The molecule has 0 spiro atoms. The molecule has 0 saturated heterocycles. The topological polar surface area (TPSA) is 78.9 Å². The van der Waals surface area contributed by atoms with Gasteiger partial charge in [-0.05, 0) is 135 Å². The van der Waals surface area contributed by atoms with Gasteiger partial charge in [-0.2, -0.15) is 0 Å². The number of esters is 3. The molecule has 0 heterocycles. The summed E-state index contributed by atoms with van der Waals surface area (Å²) in [4.78, 5) is 38.4. The smallest absolute Gasteiger partial charge is 0.306 e. The first-order chi connectivity index (χ1) is 40.5. The van der Waals surface area contributed by atoms with E-state index in [2.05, 4.69) is 142 Å². The van der Waals surface area contributed by atoms with Gasteiger partial charge in [0.05, 0.1) is 0 Å². The molecule has 0 amide bonds. The first-order valence-electron chi connectivity index (χ1n) is 34.5. The van der Waals surface area contributed by atoms with Crippen molar-refractivity contribution in [3.05, 3.63) is 122 Å². The van der Waals surface area contributed by atoms with E-state index in [4.69, 9.17) is 14.2 Å². The van der Waals surface area contributed by atoms with Gasteiger partial charge in [-0.3, -0.25) is 14.4 Å². The number of carbonyl (C=O) groups is 3. The highest BCUT2D eigenvalue weighted by molar-refractivity contribution is 5.71. The van der Waals surface area contributed by atoms with Crippen LogP contribution in [-0.4, -0.2) is 37.2 Å². The normalized spacial score (nSPS) is 12.9. The lowest BCUT2D eigenvalue weighted by atomic mass is 10.0. The molecule has 0 aromatic rings. The minimum atomic E-state index is -0.803. The Bertz CT molecular complexity index is 1690. The second-order valence-electron chi connectivity index (χ2n) is 22.7. The van der Waals surface area contributed by atoms with Crippen LogP contribution in [0.1, 0.15) is 323 Å². The molecule has 0 fully saturated rings. The van der Waals surface area contributed by atoms with Gasteiger partial charge in [0, 0.05) is 19.3 Å². The first kappa shape index (κ1) is 77.8. The van der Waals surface area contributed by atoms with E-state index in [1.165, 1.54) is 154 Å². The van der Waals surface area contributed by atoms with Crippen LogP contribution in [0.3, 0.4) is 0 Å². The monoisotopic (exact) mass is 1140 g/mol. The second kappa shape index (κ2) is 69.3. The van der Waals surface area contributed by atoms with E-state index in [9.17, 15) is 14.4 Å². The Morgan fingerprint density at radius 3 is 0.793 bits per heavy atom. The lowest BCUT2D eigenvalue weighted by molar-refractivity contribution is -0.167. The average Bonchev–Trinajstić information content (AvgIpc) is 3.47. The number of rotatable bonds is 62. The Balaban J connectivity index is 4.34. The third kappa shape index (κ3) is 66.6. The summed E-state index contributed by atoms with van der Waals surface area (Å²) in [6, 6.07) is 0. The van der Waals surface area contributed by atoms with E-state index in [1.54, 1.807) is 0 Å². The van der Waals surface area contributed by atoms with Crippen LogP contribution in [0.2, 0.25) is 0 Å². The van der Waals surface area contributed by atoms with Crippen molar-refractivity contribution in [3.8, 4) is 0 Å². The molecule has 1 atom stereocenters. The van der Waals surface area contributed by atoms with Gasteiger partial charge in [-0.25, -0.2) is 0 Å². The van der Waals surface area contributed by atoms with Gasteiger partial charge in [0.15, 0.2) is 6.10 Å². The number of carbonyl (C=O) groups excluding carboxylic acids is 3. The third-order valence-corrected chi connectivity index (χ3v) is 14.7. The lowest BCUT2D eigenvalue weighted by Gasteiger charge is -2.18. The molecule has 6 nitrogen and oxygen atoms in total. The number of ether oxygens (including phenoxy) is 3. The van der Waals surface area contributed by atoms with Crippen molar-refractivity contribution in [2.24, 2.45) is 0 Å². The molecular weight excluding hydrogens is 1010 g/mol. The fourth-order valence-corrected chi connectivity index (χ4v) is 9.51. The predicted molar refractivity (Wildman–Crippen MR) is 357 cm³/mol. The maximum atomic E-state index is 12.9. The van der Waals surface area contributed by atoms with Crippen LogP contribution in [0.15, 0.2) is 122 Å². The van der Waals surface area contributed by atoms with Gasteiger partial charge < -0.3 is 14.2 Å². The minimum absolute atomic E-state index is 0.0951. The highest BCUT2D eigenvalue weighted by atomic mass is 16.6. The largest absolute Gasteiger partial charge is 0.462 e. The van der Waals surface area contributed by atoms with Crippen molar-refractivity contribution in [1.82, 2.24) is 0 Å². The van der Waals surface area contributed by atoms with E-state index >= 15 is 0 Å². The van der Waals surface area contributed by atoms with Gasteiger partial charge in [-0.15, -0.1) is 0 Å². The lowest BCUT2D eigenvalue weighted by Crippen LogP contribution is -2.30. The molecule has 6 heteroatoms. The van der Waals surface area contributed by atoms with Crippen LogP contribution < -0.4 is 0 Å². The van der Waals surface area contributed by atoms with Gasteiger partial charge in [0.25, 0.3) is 0 Å². The Morgan fingerprint density at radius 1 is 0.256 bits per heavy atom. The van der Waals surface area contributed by atoms with Crippen molar-refractivity contribution < 1.29 is 28.6 Å². The maximum Gasteiger partial charge on any atom is 0.306 e. The molecule has 0 rings (SSSR count). The van der Waals surface area contributed by atoms with Gasteiger partial charge in [-0.1, -0.05) is 290 Å². The molecule has 0 N–H and O–H groups in total. The summed E-state index contributed by atoms with van der Waals surface area (Å²) >= 11 is 0. The van der Waals surface area contributed by atoms with Crippen molar-refractivity contribution in [2.75, 3.05) is 13.2 Å². The zero-order chi connectivity index (χ0) is 59.2. The molecule has 1 unspecified atom stereocenters. The van der Waals surface area contributed by atoms with Crippen LogP contribution in [0.5, 0.6) is 0 Å². The molecule has 0 aliphatic heterocycles. The molecule has 0 aliphatic rings. The highest BCUT2D eigenvalue weighted by Gasteiger charge is 2.19. The fourth-order valence-electron chi connectivity index (χ4n) is 9.51. The Morgan fingerprint density at radius 2 is 0.476 bits per heavy atom. The van der Waals surface area contributed by atoms with Crippen LogP contribution >= 0.6 is 0 Å². The zero-order valence-corrected chi connectivity index (χ0v) is 53.7. The van der Waals surface area contributed by atoms with Crippen molar-refractivity contribution in [2.45, 2.75) is 329 Å². The van der Waals surface area contributed by atoms with Crippen LogP contribution in [0.4, 0.5) is 0 Å². The summed E-state index contributed by atoms with van der Waals surface area (Å²) in [6.07, 6.45) is 96.5. The summed E-state index contributed by atoms with van der Waals surface area (Å²) in [5.41, 5.74) is 0. The molecular formula is C76H128O6. The number of hydrogen-bond donors (Lipinski definition) is 0. The van der Waals surface area contributed by atoms with E-state index in [-0.39, 0.29) is 37.5 Å². The SMILES string of the molecule is CC/C=C\C/C=C\C/C=C\C/C=C\C/C=C\C/C=C\C/C=C\CCCCCC(=O)OC(COC(=O)CCCCCCC/C=C\CCCCC)COC(=O)CCCCCCCCCCCCCCCCC/C=C\C/C=C\CCCCCCC. The summed E-state index contributed by atoms with van der Waals surface area (Å²) in [5, 5.41) is 0. The summed E-state index contributed by atoms with van der Waals surface area (Å²) < 4.78 is 16.9.